The average Bonchev–Trinajstić information content (AvgIpc) is 2.30. The van der Waals surface area contributed by atoms with Gasteiger partial charge in [-0.25, -0.2) is 9.59 Å². The molecule has 0 atom stereocenters. The highest BCUT2D eigenvalue weighted by molar-refractivity contribution is 5.65. The highest BCUT2D eigenvalue weighted by Crippen LogP contribution is 2.13. The molecule has 0 saturated heterocycles. The van der Waals surface area contributed by atoms with Gasteiger partial charge in [0.05, 0.1) is 13.2 Å². The summed E-state index contributed by atoms with van der Waals surface area (Å²) in [4.78, 5) is 21.0. The molecule has 0 aliphatic rings. The first-order valence-electron chi connectivity index (χ1n) is 6.40. The van der Waals surface area contributed by atoms with Crippen LogP contribution < -0.4 is 11.5 Å². The third-order valence-corrected chi connectivity index (χ3v) is 2.64. The fraction of sp³-hybridized carbons (Fsp3) is 0.833. The van der Waals surface area contributed by atoms with Gasteiger partial charge in [-0.2, -0.15) is 0 Å². The lowest BCUT2D eigenvalue weighted by molar-refractivity contribution is 0.0896. The highest BCUT2D eigenvalue weighted by Gasteiger charge is 2.12. The molecular formula is C12H24N2O4. The molecule has 0 aliphatic carbocycles. The first-order valence-corrected chi connectivity index (χ1v) is 6.40. The van der Waals surface area contributed by atoms with Crippen LogP contribution >= 0.6 is 0 Å². The van der Waals surface area contributed by atoms with Crippen LogP contribution in [0.1, 0.15) is 45.4 Å². The molecule has 0 aliphatic heterocycles. The van der Waals surface area contributed by atoms with Gasteiger partial charge in [-0.1, -0.05) is 39.0 Å². The van der Waals surface area contributed by atoms with E-state index >= 15 is 0 Å². The smallest absolute Gasteiger partial charge is 0.404 e. The van der Waals surface area contributed by atoms with E-state index in [1.807, 2.05) is 0 Å². The van der Waals surface area contributed by atoms with Crippen LogP contribution in [-0.4, -0.2) is 25.4 Å². The van der Waals surface area contributed by atoms with Gasteiger partial charge in [0, 0.05) is 5.92 Å². The van der Waals surface area contributed by atoms with Gasteiger partial charge in [-0.05, 0) is 6.42 Å². The second-order valence-corrected chi connectivity index (χ2v) is 4.33. The molecule has 0 unspecified atom stereocenters. The predicted molar refractivity (Wildman–Crippen MR) is 67.9 cm³/mol. The van der Waals surface area contributed by atoms with Crippen LogP contribution in [0.4, 0.5) is 9.59 Å². The van der Waals surface area contributed by atoms with Crippen molar-refractivity contribution in [3.05, 3.63) is 0 Å². The summed E-state index contributed by atoms with van der Waals surface area (Å²) in [7, 11) is 0. The van der Waals surface area contributed by atoms with Crippen LogP contribution in [0.2, 0.25) is 0 Å². The Morgan fingerprint density at radius 1 is 0.944 bits per heavy atom. The van der Waals surface area contributed by atoms with Gasteiger partial charge in [0.1, 0.15) is 0 Å². The third-order valence-electron chi connectivity index (χ3n) is 2.64. The van der Waals surface area contributed by atoms with Crippen molar-refractivity contribution in [1.82, 2.24) is 0 Å². The zero-order chi connectivity index (χ0) is 13.8. The van der Waals surface area contributed by atoms with Crippen LogP contribution in [-0.2, 0) is 9.47 Å². The monoisotopic (exact) mass is 260 g/mol. The molecule has 106 valence electrons. The molecule has 4 N–H and O–H groups in total. The molecule has 18 heavy (non-hydrogen) atoms. The van der Waals surface area contributed by atoms with Crippen molar-refractivity contribution in [3.8, 4) is 0 Å². The Morgan fingerprint density at radius 3 is 1.89 bits per heavy atom. The summed E-state index contributed by atoms with van der Waals surface area (Å²) in [6, 6.07) is 0. The zero-order valence-electron chi connectivity index (χ0n) is 11.0. The molecule has 0 fully saturated rings. The standard InChI is InChI=1S/C12H24N2O4/c1-2-3-4-5-6-7-10(8-17-11(13)15)9-18-12(14)16/h10H,2-9H2,1H3,(H2,13,15)(H2,14,16). The molecule has 6 nitrogen and oxygen atoms in total. The molecule has 0 rings (SSSR count). The van der Waals surface area contributed by atoms with Crippen molar-refractivity contribution in [3.63, 3.8) is 0 Å². The maximum Gasteiger partial charge on any atom is 0.404 e. The first-order chi connectivity index (χ1) is 8.56. The average molecular weight is 260 g/mol. The number of hydrogen-bond donors (Lipinski definition) is 2. The summed E-state index contributed by atoms with van der Waals surface area (Å²) in [5.74, 6) is -0.0355. The number of unbranched alkanes of at least 4 members (excludes halogenated alkanes) is 4. The van der Waals surface area contributed by atoms with Gasteiger partial charge < -0.3 is 20.9 Å². The molecule has 0 saturated carbocycles. The Hall–Kier alpha value is -1.46. The fourth-order valence-electron chi connectivity index (χ4n) is 1.65. The van der Waals surface area contributed by atoms with E-state index in [0.29, 0.717) is 0 Å². The lowest BCUT2D eigenvalue weighted by Crippen LogP contribution is -2.25. The number of ether oxygens (including phenoxy) is 2. The summed E-state index contributed by atoms with van der Waals surface area (Å²) >= 11 is 0. The summed E-state index contributed by atoms with van der Waals surface area (Å²) in [6.07, 6.45) is 4.93. The number of amides is 2. The second kappa shape index (κ2) is 10.7. The van der Waals surface area contributed by atoms with E-state index in [1.54, 1.807) is 0 Å². The van der Waals surface area contributed by atoms with Crippen molar-refractivity contribution in [2.45, 2.75) is 45.4 Å². The van der Waals surface area contributed by atoms with Gasteiger partial charge in [0.2, 0.25) is 0 Å². The van der Waals surface area contributed by atoms with Crippen LogP contribution in [0, 0.1) is 5.92 Å². The quantitative estimate of drug-likeness (QED) is 0.587. The minimum atomic E-state index is -0.815. The van der Waals surface area contributed by atoms with Crippen molar-refractivity contribution >= 4 is 12.2 Å². The normalized spacial score (nSPS) is 10.3. The first kappa shape index (κ1) is 16.5. The molecule has 0 heterocycles. The Kier molecular flexibility index (Phi) is 9.81. The van der Waals surface area contributed by atoms with E-state index in [2.05, 4.69) is 6.92 Å². The molecule has 2 amide bonds. The number of nitrogens with two attached hydrogens (primary N) is 2. The third kappa shape index (κ3) is 11.0. The van der Waals surface area contributed by atoms with Crippen LogP contribution in [0.5, 0.6) is 0 Å². The molecule has 6 heteroatoms. The molecule has 0 aromatic rings. The van der Waals surface area contributed by atoms with Crippen LogP contribution in [0.15, 0.2) is 0 Å². The number of carbonyl (C=O) groups is 2. The number of hydrogen-bond acceptors (Lipinski definition) is 4. The van der Waals surface area contributed by atoms with Crippen molar-refractivity contribution < 1.29 is 19.1 Å². The number of carbonyl (C=O) groups excluding carboxylic acids is 2. The van der Waals surface area contributed by atoms with Gasteiger partial charge >= 0.3 is 12.2 Å². The maximum absolute atomic E-state index is 10.5. The minimum absolute atomic E-state index is 0.0355. The Labute approximate surface area is 108 Å². The number of rotatable bonds is 10. The molecule has 0 aromatic carbocycles. The van der Waals surface area contributed by atoms with E-state index < -0.39 is 12.2 Å². The largest absolute Gasteiger partial charge is 0.449 e. The lowest BCUT2D eigenvalue weighted by Gasteiger charge is -2.15. The van der Waals surface area contributed by atoms with Crippen molar-refractivity contribution in [2.24, 2.45) is 17.4 Å². The molecular weight excluding hydrogens is 236 g/mol. The second-order valence-electron chi connectivity index (χ2n) is 4.33. The Balaban J connectivity index is 3.80. The Morgan fingerprint density at radius 2 is 1.44 bits per heavy atom. The van der Waals surface area contributed by atoms with Crippen molar-refractivity contribution in [1.29, 1.82) is 0 Å². The minimum Gasteiger partial charge on any atom is -0.449 e. The molecule has 0 aromatic heterocycles. The number of primary amides is 2. The fourth-order valence-corrected chi connectivity index (χ4v) is 1.65. The summed E-state index contributed by atoms with van der Waals surface area (Å²) in [5.41, 5.74) is 9.79. The van der Waals surface area contributed by atoms with E-state index in [4.69, 9.17) is 20.9 Å². The van der Waals surface area contributed by atoms with Crippen molar-refractivity contribution in [2.75, 3.05) is 13.2 Å². The van der Waals surface area contributed by atoms with E-state index in [9.17, 15) is 9.59 Å². The maximum atomic E-state index is 10.5. The zero-order valence-corrected chi connectivity index (χ0v) is 11.0. The SMILES string of the molecule is CCCCCCCC(COC(N)=O)COC(N)=O. The van der Waals surface area contributed by atoms with Crippen LogP contribution in [0.3, 0.4) is 0 Å². The molecule has 0 bridgehead atoms. The van der Waals surface area contributed by atoms with E-state index in [1.165, 1.54) is 19.3 Å². The van der Waals surface area contributed by atoms with E-state index in [0.717, 1.165) is 19.3 Å². The van der Waals surface area contributed by atoms with Crippen LogP contribution in [0.25, 0.3) is 0 Å². The molecule has 0 spiro atoms. The topological polar surface area (TPSA) is 105 Å². The van der Waals surface area contributed by atoms with Gasteiger partial charge in [-0.15, -0.1) is 0 Å². The summed E-state index contributed by atoms with van der Waals surface area (Å²) in [5, 5.41) is 0. The predicted octanol–water partition coefficient (Wildman–Crippen LogP) is 2.15. The Bertz CT molecular complexity index is 228. The summed E-state index contributed by atoms with van der Waals surface area (Å²) in [6.45, 7) is 2.48. The molecule has 0 radical (unpaired) electrons. The van der Waals surface area contributed by atoms with E-state index in [-0.39, 0.29) is 19.1 Å². The van der Waals surface area contributed by atoms with Gasteiger partial charge in [0.25, 0.3) is 0 Å². The lowest BCUT2D eigenvalue weighted by atomic mass is 10.0. The van der Waals surface area contributed by atoms with Gasteiger partial charge in [-0.3, -0.25) is 0 Å². The summed E-state index contributed by atoms with van der Waals surface area (Å²) < 4.78 is 9.44. The highest BCUT2D eigenvalue weighted by atomic mass is 16.6. The van der Waals surface area contributed by atoms with Gasteiger partial charge in [0.15, 0.2) is 0 Å².